The molecule has 0 fully saturated rings. The molecule has 0 radical (unpaired) electrons. The number of hydrogen-bond donors (Lipinski definition) is 1. The molecule has 0 aliphatic rings. The summed E-state index contributed by atoms with van der Waals surface area (Å²) in [5.74, 6) is 5.15. The predicted octanol–water partition coefficient (Wildman–Crippen LogP) is 2.25. The number of amides is 1. The first-order valence-corrected chi connectivity index (χ1v) is 6.69. The molecule has 0 unspecified atom stereocenters. The molecule has 2 N–H and O–H groups in total. The van der Waals surface area contributed by atoms with E-state index in [-0.39, 0.29) is 18.0 Å². The minimum Gasteiger partial charge on any atom is -0.342 e. The number of carbonyl (C=O) groups excluding carboxylic acids is 1. The molecule has 0 bridgehead atoms. The maximum atomic E-state index is 13.8. The minimum atomic E-state index is -0.523. The highest BCUT2D eigenvalue weighted by molar-refractivity contribution is 5.94. The lowest BCUT2D eigenvalue weighted by Crippen LogP contribution is -2.29. The summed E-state index contributed by atoms with van der Waals surface area (Å²) in [6.07, 6.45) is 0.885. The molecule has 1 aromatic carbocycles. The maximum Gasteiger partial charge on any atom is 0.256 e. The normalized spacial score (nSPS) is 10.1. The van der Waals surface area contributed by atoms with Crippen molar-refractivity contribution in [3.05, 3.63) is 35.1 Å². The molecule has 0 heterocycles. The van der Waals surface area contributed by atoms with E-state index in [4.69, 9.17) is 5.73 Å². The van der Waals surface area contributed by atoms with E-state index < -0.39 is 5.82 Å². The summed E-state index contributed by atoms with van der Waals surface area (Å²) in [5, 5.41) is 0. The van der Waals surface area contributed by atoms with Crippen LogP contribution in [0.1, 0.15) is 36.2 Å². The van der Waals surface area contributed by atoms with Crippen molar-refractivity contribution in [2.45, 2.75) is 20.3 Å². The summed E-state index contributed by atoms with van der Waals surface area (Å²) in [4.78, 5) is 13.8. The summed E-state index contributed by atoms with van der Waals surface area (Å²) < 4.78 is 13.8. The van der Waals surface area contributed by atoms with Gasteiger partial charge in [0.05, 0.1) is 12.1 Å². The van der Waals surface area contributed by atoms with Crippen LogP contribution in [0.4, 0.5) is 4.39 Å². The van der Waals surface area contributed by atoms with Crippen LogP contribution in [0.5, 0.6) is 0 Å². The Kier molecular flexibility index (Phi) is 6.20. The van der Waals surface area contributed by atoms with Crippen molar-refractivity contribution in [1.29, 1.82) is 0 Å². The molecule has 0 aliphatic heterocycles. The van der Waals surface area contributed by atoms with E-state index in [1.165, 1.54) is 12.1 Å². The van der Waals surface area contributed by atoms with Crippen LogP contribution in [0, 0.1) is 23.6 Å². The summed E-state index contributed by atoms with van der Waals surface area (Å²) in [6.45, 7) is 5.01. The fourth-order valence-corrected chi connectivity index (χ4v) is 1.68. The fraction of sp³-hybridized carbons (Fsp3) is 0.438. The second-order valence-electron chi connectivity index (χ2n) is 5.11. The standard InChI is InChI=1S/C16H21FN2O/c1-12(2)8-10-19(3)16(20)14-11-13(5-4-9-18)6-7-15(14)17/h6-7,11-12H,8-10,18H2,1-3H3. The quantitative estimate of drug-likeness (QED) is 0.857. The highest BCUT2D eigenvalue weighted by Crippen LogP contribution is 2.13. The molecule has 1 rings (SSSR count). The second kappa shape index (κ2) is 7.66. The monoisotopic (exact) mass is 276 g/mol. The van der Waals surface area contributed by atoms with Gasteiger partial charge in [0.2, 0.25) is 0 Å². The van der Waals surface area contributed by atoms with Gasteiger partial charge in [-0.05, 0) is 30.5 Å². The van der Waals surface area contributed by atoms with Gasteiger partial charge in [-0.25, -0.2) is 4.39 Å². The smallest absolute Gasteiger partial charge is 0.256 e. The van der Waals surface area contributed by atoms with E-state index in [9.17, 15) is 9.18 Å². The Morgan fingerprint density at radius 2 is 2.15 bits per heavy atom. The van der Waals surface area contributed by atoms with Gasteiger partial charge in [0, 0.05) is 19.2 Å². The zero-order chi connectivity index (χ0) is 15.1. The van der Waals surface area contributed by atoms with Crippen LogP contribution in [-0.4, -0.2) is 30.9 Å². The zero-order valence-electron chi connectivity index (χ0n) is 12.2. The molecule has 0 saturated carbocycles. The lowest BCUT2D eigenvalue weighted by molar-refractivity contribution is 0.0784. The highest BCUT2D eigenvalue weighted by atomic mass is 19.1. The number of benzene rings is 1. The van der Waals surface area contributed by atoms with Crippen LogP contribution >= 0.6 is 0 Å². The largest absolute Gasteiger partial charge is 0.342 e. The Hall–Kier alpha value is -1.86. The van der Waals surface area contributed by atoms with Crippen LogP contribution in [-0.2, 0) is 0 Å². The van der Waals surface area contributed by atoms with Gasteiger partial charge < -0.3 is 10.6 Å². The van der Waals surface area contributed by atoms with Gasteiger partial charge in [-0.1, -0.05) is 25.7 Å². The molecule has 0 spiro atoms. The Balaban J connectivity index is 2.91. The third-order valence-electron chi connectivity index (χ3n) is 2.92. The molecule has 0 atom stereocenters. The van der Waals surface area contributed by atoms with Crippen LogP contribution in [0.25, 0.3) is 0 Å². The molecule has 4 heteroatoms. The van der Waals surface area contributed by atoms with Crippen molar-refractivity contribution in [2.75, 3.05) is 20.1 Å². The maximum absolute atomic E-state index is 13.8. The van der Waals surface area contributed by atoms with E-state index >= 15 is 0 Å². The van der Waals surface area contributed by atoms with E-state index in [0.29, 0.717) is 18.0 Å². The van der Waals surface area contributed by atoms with Crippen molar-refractivity contribution in [3.8, 4) is 11.8 Å². The van der Waals surface area contributed by atoms with Crippen LogP contribution in [0.2, 0.25) is 0 Å². The third kappa shape index (κ3) is 4.67. The van der Waals surface area contributed by atoms with Crippen LogP contribution in [0.15, 0.2) is 18.2 Å². The summed E-state index contributed by atoms with van der Waals surface area (Å²) >= 11 is 0. The molecule has 0 aromatic heterocycles. The van der Waals surface area contributed by atoms with Gasteiger partial charge in [0.15, 0.2) is 0 Å². The van der Waals surface area contributed by atoms with Gasteiger partial charge in [0.25, 0.3) is 5.91 Å². The average molecular weight is 276 g/mol. The van der Waals surface area contributed by atoms with Gasteiger partial charge in [-0.2, -0.15) is 0 Å². The Morgan fingerprint density at radius 3 is 2.75 bits per heavy atom. The van der Waals surface area contributed by atoms with E-state index in [0.717, 1.165) is 6.42 Å². The van der Waals surface area contributed by atoms with E-state index in [1.807, 2.05) is 0 Å². The number of carbonyl (C=O) groups is 1. The molecular formula is C16H21FN2O. The number of nitrogens with zero attached hydrogens (tertiary/aromatic N) is 1. The first-order valence-electron chi connectivity index (χ1n) is 6.69. The highest BCUT2D eigenvalue weighted by Gasteiger charge is 2.16. The van der Waals surface area contributed by atoms with Crippen molar-refractivity contribution >= 4 is 5.91 Å². The van der Waals surface area contributed by atoms with Crippen molar-refractivity contribution in [3.63, 3.8) is 0 Å². The SMILES string of the molecule is CC(C)CCN(C)C(=O)c1cc(C#CCN)ccc1F. The number of halogens is 1. The van der Waals surface area contributed by atoms with Crippen molar-refractivity contribution in [2.24, 2.45) is 11.7 Å². The lowest BCUT2D eigenvalue weighted by Gasteiger charge is -2.18. The Morgan fingerprint density at radius 1 is 1.45 bits per heavy atom. The van der Waals surface area contributed by atoms with E-state index in [2.05, 4.69) is 25.7 Å². The van der Waals surface area contributed by atoms with Crippen molar-refractivity contribution in [1.82, 2.24) is 4.90 Å². The number of nitrogens with two attached hydrogens (primary N) is 1. The molecule has 0 aliphatic carbocycles. The first-order chi connectivity index (χ1) is 9.45. The van der Waals surface area contributed by atoms with Crippen LogP contribution in [0.3, 0.4) is 0 Å². The van der Waals surface area contributed by atoms with Crippen LogP contribution < -0.4 is 5.73 Å². The number of rotatable bonds is 4. The van der Waals surface area contributed by atoms with Crippen molar-refractivity contribution < 1.29 is 9.18 Å². The topological polar surface area (TPSA) is 46.3 Å². The molecule has 0 saturated heterocycles. The predicted molar refractivity (Wildman–Crippen MR) is 78.7 cm³/mol. The summed E-state index contributed by atoms with van der Waals surface area (Å²) in [6, 6.07) is 4.29. The van der Waals surface area contributed by atoms with Gasteiger partial charge >= 0.3 is 0 Å². The summed E-state index contributed by atoms with van der Waals surface area (Å²) in [5.41, 5.74) is 5.95. The Labute approximate surface area is 120 Å². The Bertz CT molecular complexity index is 529. The molecule has 1 amide bonds. The molecule has 20 heavy (non-hydrogen) atoms. The third-order valence-corrected chi connectivity index (χ3v) is 2.92. The lowest BCUT2D eigenvalue weighted by atomic mass is 10.1. The molecular weight excluding hydrogens is 255 g/mol. The zero-order valence-corrected chi connectivity index (χ0v) is 12.2. The van der Waals surface area contributed by atoms with Gasteiger partial charge in [-0.3, -0.25) is 4.79 Å². The second-order valence-corrected chi connectivity index (χ2v) is 5.11. The van der Waals surface area contributed by atoms with Gasteiger partial charge in [-0.15, -0.1) is 0 Å². The summed E-state index contributed by atoms with van der Waals surface area (Å²) in [7, 11) is 1.68. The average Bonchev–Trinajstić information content (AvgIpc) is 2.43. The number of hydrogen-bond acceptors (Lipinski definition) is 2. The van der Waals surface area contributed by atoms with Gasteiger partial charge in [0.1, 0.15) is 5.82 Å². The molecule has 3 nitrogen and oxygen atoms in total. The first kappa shape index (κ1) is 16.2. The molecule has 108 valence electrons. The molecule has 1 aromatic rings. The minimum absolute atomic E-state index is 0.0556. The fourth-order valence-electron chi connectivity index (χ4n) is 1.68. The van der Waals surface area contributed by atoms with E-state index in [1.54, 1.807) is 18.0 Å².